The van der Waals surface area contributed by atoms with E-state index in [0.29, 0.717) is 29.9 Å². The number of furan rings is 1. The molecule has 3 heterocycles. The van der Waals surface area contributed by atoms with Gasteiger partial charge in [-0.3, -0.25) is 15.1 Å². The molecule has 0 saturated carbocycles. The maximum atomic E-state index is 5.27. The fraction of sp³-hybridized carbons (Fsp3) is 0.250. The molecule has 0 saturated heterocycles. The topological polar surface area (TPSA) is 104 Å². The first-order chi connectivity index (χ1) is 11.8. The zero-order valence-electron chi connectivity index (χ0n) is 13.4. The lowest BCUT2D eigenvalue weighted by Crippen LogP contribution is -2.38. The van der Waals surface area contributed by atoms with Gasteiger partial charge in [0.1, 0.15) is 5.82 Å². The zero-order valence-corrected chi connectivity index (χ0v) is 13.4. The van der Waals surface area contributed by atoms with Crippen LogP contribution in [0, 0.1) is 0 Å². The SMILES string of the molecule is CN=C(NCCc1ccccn1)NCc1nc(-c2ccco2)n[nH]1. The molecule has 0 aliphatic rings. The maximum absolute atomic E-state index is 5.27. The van der Waals surface area contributed by atoms with Crippen molar-refractivity contribution in [1.82, 2.24) is 30.8 Å². The van der Waals surface area contributed by atoms with Crippen LogP contribution in [0.2, 0.25) is 0 Å². The summed E-state index contributed by atoms with van der Waals surface area (Å²) < 4.78 is 5.27. The third-order valence-electron chi connectivity index (χ3n) is 3.32. The summed E-state index contributed by atoms with van der Waals surface area (Å²) in [7, 11) is 1.73. The van der Waals surface area contributed by atoms with E-state index in [-0.39, 0.29) is 0 Å². The molecule has 0 atom stereocenters. The van der Waals surface area contributed by atoms with Gasteiger partial charge in [0.25, 0.3) is 0 Å². The van der Waals surface area contributed by atoms with Gasteiger partial charge in [-0.2, -0.15) is 0 Å². The minimum Gasteiger partial charge on any atom is -0.461 e. The molecule has 0 spiro atoms. The number of aromatic amines is 1. The van der Waals surface area contributed by atoms with E-state index in [1.54, 1.807) is 25.6 Å². The van der Waals surface area contributed by atoms with Crippen LogP contribution >= 0.6 is 0 Å². The molecular weight excluding hydrogens is 306 g/mol. The highest BCUT2D eigenvalue weighted by Gasteiger charge is 2.08. The largest absolute Gasteiger partial charge is 0.461 e. The molecule has 3 rings (SSSR count). The summed E-state index contributed by atoms with van der Waals surface area (Å²) in [6.07, 6.45) is 4.21. The molecule has 0 amide bonds. The monoisotopic (exact) mass is 325 g/mol. The van der Waals surface area contributed by atoms with Crippen LogP contribution in [-0.4, -0.2) is 39.7 Å². The van der Waals surface area contributed by atoms with Crippen LogP contribution in [0.15, 0.2) is 52.2 Å². The lowest BCUT2D eigenvalue weighted by Gasteiger charge is -2.10. The highest BCUT2D eigenvalue weighted by Crippen LogP contribution is 2.14. The van der Waals surface area contributed by atoms with Gasteiger partial charge in [-0.25, -0.2) is 4.98 Å². The molecule has 8 nitrogen and oxygen atoms in total. The van der Waals surface area contributed by atoms with Gasteiger partial charge in [0.15, 0.2) is 11.7 Å². The molecule has 0 bridgehead atoms. The Morgan fingerprint density at radius 2 is 2.21 bits per heavy atom. The second kappa shape index (κ2) is 7.91. The summed E-state index contributed by atoms with van der Waals surface area (Å²) in [6, 6.07) is 9.51. The first-order valence-corrected chi connectivity index (χ1v) is 7.65. The highest BCUT2D eigenvalue weighted by molar-refractivity contribution is 5.79. The third-order valence-corrected chi connectivity index (χ3v) is 3.32. The number of nitrogens with one attached hydrogen (secondary N) is 3. The summed E-state index contributed by atoms with van der Waals surface area (Å²) in [5.74, 6) is 2.57. The summed E-state index contributed by atoms with van der Waals surface area (Å²) in [5.41, 5.74) is 1.04. The molecule has 0 fully saturated rings. The van der Waals surface area contributed by atoms with Gasteiger partial charge < -0.3 is 15.1 Å². The predicted octanol–water partition coefficient (Wildman–Crippen LogP) is 1.37. The van der Waals surface area contributed by atoms with E-state index in [9.17, 15) is 0 Å². The standard InChI is InChI=1S/C16H19N7O/c1-17-16(19-9-7-12-5-2-3-8-18-12)20-11-14-21-15(23-22-14)13-6-4-10-24-13/h2-6,8,10H,7,9,11H2,1H3,(H2,17,19,20)(H,21,22,23). The fourth-order valence-corrected chi connectivity index (χ4v) is 2.13. The van der Waals surface area contributed by atoms with E-state index in [1.807, 2.05) is 24.3 Å². The second-order valence-electron chi connectivity index (χ2n) is 5.01. The smallest absolute Gasteiger partial charge is 0.216 e. The fourth-order valence-electron chi connectivity index (χ4n) is 2.13. The Balaban J connectivity index is 1.46. The van der Waals surface area contributed by atoms with Gasteiger partial charge in [-0.05, 0) is 24.3 Å². The van der Waals surface area contributed by atoms with Crippen molar-refractivity contribution >= 4 is 5.96 Å². The summed E-state index contributed by atoms with van der Waals surface area (Å²) >= 11 is 0. The van der Waals surface area contributed by atoms with Crippen molar-refractivity contribution in [2.75, 3.05) is 13.6 Å². The Hall–Kier alpha value is -3.16. The first-order valence-electron chi connectivity index (χ1n) is 7.65. The number of nitrogens with zero attached hydrogens (tertiary/aromatic N) is 4. The van der Waals surface area contributed by atoms with Crippen LogP contribution in [0.25, 0.3) is 11.6 Å². The number of H-pyrrole nitrogens is 1. The predicted molar refractivity (Wildman–Crippen MR) is 90.2 cm³/mol. The molecule has 3 aromatic rings. The number of hydrogen-bond acceptors (Lipinski definition) is 5. The van der Waals surface area contributed by atoms with Crippen molar-refractivity contribution in [3.05, 3.63) is 54.3 Å². The molecule has 3 aromatic heterocycles. The van der Waals surface area contributed by atoms with Crippen LogP contribution in [0.5, 0.6) is 0 Å². The summed E-state index contributed by atoms with van der Waals surface area (Å²) in [6.45, 7) is 1.22. The van der Waals surface area contributed by atoms with Crippen molar-refractivity contribution in [2.45, 2.75) is 13.0 Å². The Kier molecular flexibility index (Phi) is 5.18. The minimum absolute atomic E-state index is 0.483. The Labute approximate surface area is 139 Å². The van der Waals surface area contributed by atoms with Crippen molar-refractivity contribution in [1.29, 1.82) is 0 Å². The molecule has 24 heavy (non-hydrogen) atoms. The van der Waals surface area contributed by atoms with Crippen LogP contribution in [0.4, 0.5) is 0 Å². The number of guanidine groups is 1. The van der Waals surface area contributed by atoms with Crippen molar-refractivity contribution < 1.29 is 4.42 Å². The quantitative estimate of drug-likeness (QED) is 0.467. The number of pyridine rings is 1. The van der Waals surface area contributed by atoms with Gasteiger partial charge >= 0.3 is 0 Å². The number of aromatic nitrogens is 4. The second-order valence-corrected chi connectivity index (χ2v) is 5.01. The van der Waals surface area contributed by atoms with Gasteiger partial charge in [-0.1, -0.05) is 6.07 Å². The average Bonchev–Trinajstić information content (AvgIpc) is 3.30. The van der Waals surface area contributed by atoms with E-state index in [1.165, 1.54) is 0 Å². The molecule has 124 valence electrons. The van der Waals surface area contributed by atoms with Gasteiger partial charge in [-0.15, -0.1) is 5.10 Å². The van der Waals surface area contributed by atoms with Gasteiger partial charge in [0, 0.05) is 31.9 Å². The van der Waals surface area contributed by atoms with E-state index in [0.717, 1.165) is 18.7 Å². The van der Waals surface area contributed by atoms with E-state index >= 15 is 0 Å². The lowest BCUT2D eigenvalue weighted by molar-refractivity contribution is 0.577. The van der Waals surface area contributed by atoms with E-state index in [2.05, 4.69) is 35.8 Å². The normalized spacial score (nSPS) is 11.5. The molecule has 0 aliphatic heterocycles. The molecule has 0 aromatic carbocycles. The average molecular weight is 325 g/mol. The van der Waals surface area contributed by atoms with Crippen LogP contribution in [0.3, 0.4) is 0 Å². The number of rotatable bonds is 6. The summed E-state index contributed by atoms with van der Waals surface area (Å²) in [5, 5.41) is 13.4. The van der Waals surface area contributed by atoms with Gasteiger partial charge in [0.2, 0.25) is 5.82 Å². The maximum Gasteiger partial charge on any atom is 0.216 e. The van der Waals surface area contributed by atoms with E-state index in [4.69, 9.17) is 4.42 Å². The van der Waals surface area contributed by atoms with Gasteiger partial charge in [0.05, 0.1) is 12.8 Å². The molecule has 0 radical (unpaired) electrons. The van der Waals surface area contributed by atoms with Crippen LogP contribution < -0.4 is 10.6 Å². The van der Waals surface area contributed by atoms with Crippen molar-refractivity contribution in [2.24, 2.45) is 4.99 Å². The Morgan fingerprint density at radius 3 is 2.96 bits per heavy atom. The summed E-state index contributed by atoms with van der Waals surface area (Å²) in [4.78, 5) is 12.8. The molecular formula is C16H19N7O. The minimum atomic E-state index is 0.483. The zero-order chi connectivity index (χ0) is 16.6. The van der Waals surface area contributed by atoms with Crippen molar-refractivity contribution in [3.63, 3.8) is 0 Å². The molecule has 3 N–H and O–H groups in total. The third kappa shape index (κ3) is 4.19. The Morgan fingerprint density at radius 1 is 1.25 bits per heavy atom. The van der Waals surface area contributed by atoms with Crippen LogP contribution in [0.1, 0.15) is 11.5 Å². The highest BCUT2D eigenvalue weighted by atomic mass is 16.3. The van der Waals surface area contributed by atoms with Crippen LogP contribution in [-0.2, 0) is 13.0 Å². The molecule has 8 heteroatoms. The Bertz CT molecular complexity index is 765. The van der Waals surface area contributed by atoms with E-state index < -0.39 is 0 Å². The lowest BCUT2D eigenvalue weighted by atomic mass is 10.3. The van der Waals surface area contributed by atoms with Crippen molar-refractivity contribution in [3.8, 4) is 11.6 Å². The first kappa shape index (κ1) is 15.7. The number of aliphatic imine (C=N–C) groups is 1. The molecule has 0 unspecified atom stereocenters. The molecule has 0 aliphatic carbocycles. The number of hydrogen-bond donors (Lipinski definition) is 3.